The molecule has 0 fully saturated rings. The summed E-state index contributed by atoms with van der Waals surface area (Å²) in [6.07, 6.45) is 5.15. The van der Waals surface area contributed by atoms with Crippen LogP contribution in [0.1, 0.15) is 53.4 Å². The third-order valence-corrected chi connectivity index (χ3v) is 4.56. The fraction of sp³-hybridized carbons (Fsp3) is 0.929. The maximum Gasteiger partial charge on any atom is 0.209 e. The first-order valence-electron chi connectivity index (χ1n) is 7.79. The second-order valence-corrected chi connectivity index (χ2v) is 6.51. The minimum absolute atomic E-state index is 0.501. The Bertz CT molecular complexity index is 353. The topological polar surface area (TPSA) is 55.6 Å². The summed E-state index contributed by atoms with van der Waals surface area (Å²) in [5.41, 5.74) is 0. The lowest BCUT2D eigenvalue weighted by molar-refractivity contribution is 0.481. The maximum atomic E-state index is 4.14. The average Bonchev–Trinajstić information content (AvgIpc) is 2.86. The number of unbranched alkanes of at least 4 members (excludes halogenated alkanes) is 1. The molecule has 0 aliphatic carbocycles. The minimum Gasteiger partial charge on any atom is -0.313 e. The van der Waals surface area contributed by atoms with Crippen LogP contribution in [0.4, 0.5) is 0 Å². The molecule has 0 aliphatic heterocycles. The van der Waals surface area contributed by atoms with E-state index in [1.165, 1.54) is 25.7 Å². The lowest BCUT2D eigenvalue weighted by Gasteiger charge is -2.13. The summed E-state index contributed by atoms with van der Waals surface area (Å²) < 4.78 is 1.91. The average molecular weight is 299 g/mol. The molecular formula is C14H29N5S. The molecule has 1 aromatic rings. The second-order valence-electron chi connectivity index (χ2n) is 5.52. The Morgan fingerprint density at radius 3 is 2.75 bits per heavy atom. The highest BCUT2D eigenvalue weighted by atomic mass is 32.2. The van der Waals surface area contributed by atoms with Gasteiger partial charge in [-0.15, -0.1) is 5.10 Å². The standard InChI is InChI=1S/C14H29N5S/c1-5-7-8-13(6-2)11-20-14-16-17-18-19(14)10-9-15-12(3)4/h12-13,15H,5-11H2,1-4H3. The van der Waals surface area contributed by atoms with Crippen LogP contribution in [0, 0.1) is 5.92 Å². The van der Waals surface area contributed by atoms with Crippen molar-refractivity contribution in [3.05, 3.63) is 0 Å². The molecule has 0 spiro atoms. The number of nitrogens with one attached hydrogen (secondary N) is 1. The first-order valence-corrected chi connectivity index (χ1v) is 8.78. The third-order valence-electron chi connectivity index (χ3n) is 3.37. The number of hydrogen-bond acceptors (Lipinski definition) is 5. The van der Waals surface area contributed by atoms with Gasteiger partial charge in [0, 0.05) is 18.3 Å². The summed E-state index contributed by atoms with van der Waals surface area (Å²) in [6.45, 7) is 10.6. The predicted molar refractivity (Wildman–Crippen MR) is 85.0 cm³/mol. The Hall–Kier alpha value is -0.620. The van der Waals surface area contributed by atoms with Crippen LogP contribution in [-0.2, 0) is 6.54 Å². The monoisotopic (exact) mass is 299 g/mol. The molecule has 0 saturated carbocycles. The Labute approximate surface area is 127 Å². The van der Waals surface area contributed by atoms with Crippen LogP contribution < -0.4 is 5.32 Å². The van der Waals surface area contributed by atoms with E-state index in [0.29, 0.717) is 6.04 Å². The van der Waals surface area contributed by atoms with Crippen molar-refractivity contribution in [1.29, 1.82) is 0 Å². The van der Waals surface area contributed by atoms with Gasteiger partial charge in [0.25, 0.3) is 0 Å². The van der Waals surface area contributed by atoms with E-state index in [4.69, 9.17) is 0 Å². The molecule has 1 N–H and O–H groups in total. The van der Waals surface area contributed by atoms with Gasteiger partial charge in [-0.05, 0) is 22.8 Å². The van der Waals surface area contributed by atoms with Crippen molar-refractivity contribution in [3.8, 4) is 0 Å². The molecule has 116 valence electrons. The Balaban J connectivity index is 2.37. The van der Waals surface area contributed by atoms with Crippen LogP contribution in [-0.4, -0.2) is 38.5 Å². The fourth-order valence-electron chi connectivity index (χ4n) is 1.99. The van der Waals surface area contributed by atoms with Crippen LogP contribution in [0.2, 0.25) is 0 Å². The number of aromatic nitrogens is 4. The van der Waals surface area contributed by atoms with Crippen molar-refractivity contribution in [1.82, 2.24) is 25.5 Å². The zero-order chi connectivity index (χ0) is 14.8. The Morgan fingerprint density at radius 2 is 2.10 bits per heavy atom. The molecule has 1 atom stereocenters. The van der Waals surface area contributed by atoms with Crippen molar-refractivity contribution in [2.24, 2.45) is 5.92 Å². The largest absolute Gasteiger partial charge is 0.313 e. The Morgan fingerprint density at radius 1 is 1.30 bits per heavy atom. The number of tetrazole rings is 1. The van der Waals surface area contributed by atoms with Gasteiger partial charge in [-0.1, -0.05) is 58.7 Å². The quantitative estimate of drug-likeness (QED) is 0.637. The van der Waals surface area contributed by atoms with Gasteiger partial charge in [0.2, 0.25) is 5.16 Å². The van der Waals surface area contributed by atoms with Gasteiger partial charge in [-0.25, -0.2) is 4.68 Å². The molecule has 1 rings (SSSR count). The van der Waals surface area contributed by atoms with Crippen LogP contribution in [0.3, 0.4) is 0 Å². The molecule has 0 bridgehead atoms. The molecule has 0 amide bonds. The maximum absolute atomic E-state index is 4.14. The summed E-state index contributed by atoms with van der Waals surface area (Å²) in [4.78, 5) is 0. The SMILES string of the molecule is CCCCC(CC)CSc1nnnn1CCNC(C)C. The second kappa shape index (κ2) is 10.2. The van der Waals surface area contributed by atoms with E-state index in [1.54, 1.807) is 11.8 Å². The molecule has 20 heavy (non-hydrogen) atoms. The zero-order valence-electron chi connectivity index (χ0n) is 13.3. The van der Waals surface area contributed by atoms with Crippen molar-refractivity contribution in [2.45, 2.75) is 71.1 Å². The van der Waals surface area contributed by atoms with Gasteiger partial charge < -0.3 is 5.32 Å². The lowest BCUT2D eigenvalue weighted by Crippen LogP contribution is -2.27. The van der Waals surface area contributed by atoms with Crippen LogP contribution in [0.5, 0.6) is 0 Å². The first kappa shape index (κ1) is 17.4. The molecular weight excluding hydrogens is 270 g/mol. The lowest BCUT2D eigenvalue weighted by atomic mass is 10.0. The van der Waals surface area contributed by atoms with E-state index in [0.717, 1.165) is 29.9 Å². The van der Waals surface area contributed by atoms with Crippen molar-refractivity contribution in [3.63, 3.8) is 0 Å². The van der Waals surface area contributed by atoms with Gasteiger partial charge in [0.05, 0.1) is 6.54 Å². The fourth-order valence-corrected chi connectivity index (χ4v) is 3.15. The van der Waals surface area contributed by atoms with Crippen molar-refractivity contribution in [2.75, 3.05) is 12.3 Å². The van der Waals surface area contributed by atoms with Gasteiger partial charge in [0.1, 0.15) is 0 Å². The predicted octanol–water partition coefficient (Wildman–Crippen LogP) is 2.98. The molecule has 0 saturated heterocycles. The van der Waals surface area contributed by atoms with E-state index in [2.05, 4.69) is 48.5 Å². The van der Waals surface area contributed by atoms with E-state index in [9.17, 15) is 0 Å². The van der Waals surface area contributed by atoms with Crippen LogP contribution in [0.15, 0.2) is 5.16 Å². The summed E-state index contributed by atoms with van der Waals surface area (Å²) in [5.74, 6) is 1.90. The highest BCUT2D eigenvalue weighted by molar-refractivity contribution is 7.99. The molecule has 0 aromatic carbocycles. The molecule has 6 heteroatoms. The first-order chi connectivity index (χ1) is 9.67. The van der Waals surface area contributed by atoms with E-state index >= 15 is 0 Å². The summed E-state index contributed by atoms with van der Waals surface area (Å²) >= 11 is 1.79. The van der Waals surface area contributed by atoms with E-state index < -0.39 is 0 Å². The van der Waals surface area contributed by atoms with Gasteiger partial charge in [-0.3, -0.25) is 0 Å². The molecule has 0 radical (unpaired) electrons. The molecule has 1 heterocycles. The van der Waals surface area contributed by atoms with Gasteiger partial charge >= 0.3 is 0 Å². The number of rotatable bonds is 11. The normalized spacial score (nSPS) is 13.1. The van der Waals surface area contributed by atoms with Crippen LogP contribution >= 0.6 is 11.8 Å². The number of nitrogens with zero attached hydrogens (tertiary/aromatic N) is 4. The number of thioether (sulfide) groups is 1. The summed E-state index contributed by atoms with van der Waals surface area (Å²) in [5, 5.41) is 16.4. The molecule has 1 unspecified atom stereocenters. The highest BCUT2D eigenvalue weighted by Crippen LogP contribution is 2.22. The smallest absolute Gasteiger partial charge is 0.209 e. The van der Waals surface area contributed by atoms with Gasteiger partial charge in [0.15, 0.2) is 0 Å². The van der Waals surface area contributed by atoms with Gasteiger partial charge in [-0.2, -0.15) is 0 Å². The van der Waals surface area contributed by atoms with Crippen molar-refractivity contribution < 1.29 is 0 Å². The van der Waals surface area contributed by atoms with Crippen molar-refractivity contribution >= 4 is 11.8 Å². The van der Waals surface area contributed by atoms with Crippen LogP contribution in [0.25, 0.3) is 0 Å². The van der Waals surface area contributed by atoms with E-state index in [1.807, 2.05) is 4.68 Å². The highest BCUT2D eigenvalue weighted by Gasteiger charge is 2.11. The summed E-state index contributed by atoms with van der Waals surface area (Å²) in [6, 6.07) is 0.501. The third kappa shape index (κ3) is 6.70. The minimum atomic E-state index is 0.501. The summed E-state index contributed by atoms with van der Waals surface area (Å²) in [7, 11) is 0. The molecule has 1 aromatic heterocycles. The van der Waals surface area contributed by atoms with E-state index in [-0.39, 0.29) is 0 Å². The molecule has 0 aliphatic rings. The Kier molecular flexibility index (Phi) is 8.85. The zero-order valence-corrected chi connectivity index (χ0v) is 14.1. The molecule has 5 nitrogen and oxygen atoms in total. The number of hydrogen-bond donors (Lipinski definition) is 1.